The van der Waals surface area contributed by atoms with Crippen LogP contribution in [-0.4, -0.2) is 29.5 Å². The minimum absolute atomic E-state index is 0.345. The van der Waals surface area contributed by atoms with Crippen LogP contribution in [0.15, 0.2) is 24.4 Å². The minimum atomic E-state index is -0.858. The second kappa shape index (κ2) is 4.97. The van der Waals surface area contributed by atoms with E-state index < -0.39 is 6.10 Å². The summed E-state index contributed by atoms with van der Waals surface area (Å²) >= 11 is 0. The van der Waals surface area contributed by atoms with Gasteiger partial charge in [0, 0.05) is 5.56 Å². The van der Waals surface area contributed by atoms with Crippen molar-refractivity contribution in [1.29, 1.82) is 0 Å². The van der Waals surface area contributed by atoms with E-state index in [-0.39, 0.29) is 0 Å². The van der Waals surface area contributed by atoms with Crippen LogP contribution in [0.2, 0.25) is 0 Å². The molecule has 0 spiro atoms. The van der Waals surface area contributed by atoms with E-state index in [4.69, 9.17) is 15.2 Å². The lowest BCUT2D eigenvalue weighted by molar-refractivity contribution is 0.220. The first kappa shape index (κ1) is 12.3. The van der Waals surface area contributed by atoms with Gasteiger partial charge in [0.1, 0.15) is 11.9 Å². The third kappa shape index (κ3) is 2.10. The number of methoxy groups -OCH3 is 2. The molecule has 0 amide bonds. The predicted molar refractivity (Wildman–Crippen MR) is 66.6 cm³/mol. The molecule has 96 valence electrons. The van der Waals surface area contributed by atoms with Crippen LogP contribution in [-0.2, 0) is 0 Å². The Morgan fingerprint density at radius 3 is 2.56 bits per heavy atom. The number of H-pyrrole nitrogens is 1. The number of anilines is 1. The van der Waals surface area contributed by atoms with Crippen molar-refractivity contribution in [3.63, 3.8) is 0 Å². The Balaban J connectivity index is 2.37. The number of aromatic nitrogens is 2. The molecule has 0 aliphatic heterocycles. The molecule has 2 aromatic rings. The van der Waals surface area contributed by atoms with E-state index in [1.54, 1.807) is 32.4 Å². The maximum atomic E-state index is 10.2. The summed E-state index contributed by atoms with van der Waals surface area (Å²) in [6.45, 7) is 0. The van der Waals surface area contributed by atoms with E-state index in [0.717, 1.165) is 0 Å². The summed E-state index contributed by atoms with van der Waals surface area (Å²) in [6, 6.07) is 5.18. The summed E-state index contributed by atoms with van der Waals surface area (Å²) in [4.78, 5) is 0. The summed E-state index contributed by atoms with van der Waals surface area (Å²) in [5, 5.41) is 16.6. The Bertz CT molecular complexity index is 539. The number of aromatic amines is 1. The van der Waals surface area contributed by atoms with Crippen LogP contribution in [0.5, 0.6) is 11.5 Å². The molecule has 18 heavy (non-hydrogen) atoms. The zero-order chi connectivity index (χ0) is 13.1. The highest BCUT2D eigenvalue weighted by Gasteiger charge is 2.17. The molecule has 0 aliphatic carbocycles. The topological polar surface area (TPSA) is 93.4 Å². The van der Waals surface area contributed by atoms with Gasteiger partial charge in [0.25, 0.3) is 0 Å². The number of hydrogen-bond acceptors (Lipinski definition) is 5. The molecule has 6 heteroatoms. The van der Waals surface area contributed by atoms with Crippen molar-refractivity contribution in [2.75, 3.05) is 20.0 Å². The molecule has 0 bridgehead atoms. The zero-order valence-electron chi connectivity index (χ0n) is 10.2. The third-order valence-corrected chi connectivity index (χ3v) is 2.72. The van der Waals surface area contributed by atoms with E-state index >= 15 is 0 Å². The van der Waals surface area contributed by atoms with Gasteiger partial charge in [-0.15, -0.1) is 0 Å². The standard InChI is InChI=1S/C12H15N3O3/c1-17-9-4-3-7(5-10(9)18-2)11(16)8-6-14-15-12(8)13/h3-6,11,16H,1-2H3,(H3,13,14,15). The molecular weight excluding hydrogens is 234 g/mol. The van der Waals surface area contributed by atoms with Gasteiger partial charge < -0.3 is 20.3 Å². The molecule has 4 N–H and O–H groups in total. The first-order chi connectivity index (χ1) is 8.67. The normalized spacial score (nSPS) is 12.2. The van der Waals surface area contributed by atoms with Crippen molar-refractivity contribution in [1.82, 2.24) is 10.2 Å². The second-order valence-corrected chi connectivity index (χ2v) is 3.76. The third-order valence-electron chi connectivity index (χ3n) is 2.72. The molecule has 1 aromatic carbocycles. The number of nitrogen functional groups attached to an aromatic ring is 1. The fraction of sp³-hybridized carbons (Fsp3) is 0.250. The highest BCUT2D eigenvalue weighted by Crippen LogP contribution is 2.33. The van der Waals surface area contributed by atoms with Gasteiger partial charge in [-0.05, 0) is 17.7 Å². The Labute approximate surface area is 104 Å². The van der Waals surface area contributed by atoms with Crippen LogP contribution < -0.4 is 15.2 Å². The molecule has 0 fully saturated rings. The summed E-state index contributed by atoms with van der Waals surface area (Å²) in [5.74, 6) is 1.50. The van der Waals surface area contributed by atoms with Gasteiger partial charge >= 0.3 is 0 Å². The molecule has 1 aromatic heterocycles. The van der Waals surface area contributed by atoms with E-state index in [9.17, 15) is 5.11 Å². The molecule has 6 nitrogen and oxygen atoms in total. The van der Waals surface area contributed by atoms with E-state index in [2.05, 4.69) is 10.2 Å². The second-order valence-electron chi connectivity index (χ2n) is 3.76. The van der Waals surface area contributed by atoms with Crippen molar-refractivity contribution in [2.24, 2.45) is 0 Å². The van der Waals surface area contributed by atoms with Crippen LogP contribution in [0.3, 0.4) is 0 Å². The van der Waals surface area contributed by atoms with Gasteiger partial charge in [0.05, 0.1) is 20.4 Å². The Morgan fingerprint density at radius 1 is 1.28 bits per heavy atom. The van der Waals surface area contributed by atoms with Crippen molar-refractivity contribution in [2.45, 2.75) is 6.10 Å². The van der Waals surface area contributed by atoms with Gasteiger partial charge in [0.15, 0.2) is 11.5 Å². The van der Waals surface area contributed by atoms with E-state index in [0.29, 0.717) is 28.4 Å². The van der Waals surface area contributed by atoms with Gasteiger partial charge in [-0.1, -0.05) is 6.07 Å². The summed E-state index contributed by atoms with van der Waals surface area (Å²) in [6.07, 6.45) is 0.639. The molecule has 0 aliphatic rings. The van der Waals surface area contributed by atoms with Crippen LogP contribution >= 0.6 is 0 Å². The minimum Gasteiger partial charge on any atom is -0.493 e. The van der Waals surface area contributed by atoms with Crippen molar-refractivity contribution in [3.05, 3.63) is 35.5 Å². The number of nitrogens with two attached hydrogens (primary N) is 1. The van der Waals surface area contributed by atoms with Crippen molar-refractivity contribution >= 4 is 5.82 Å². The SMILES string of the molecule is COc1ccc(C(O)c2cn[nH]c2N)cc1OC. The molecule has 1 unspecified atom stereocenters. The lowest BCUT2D eigenvalue weighted by Crippen LogP contribution is -2.03. The van der Waals surface area contributed by atoms with Crippen molar-refractivity contribution in [3.8, 4) is 11.5 Å². The number of rotatable bonds is 4. The Kier molecular flexibility index (Phi) is 3.38. The number of aliphatic hydroxyl groups excluding tert-OH is 1. The lowest BCUT2D eigenvalue weighted by Gasteiger charge is -2.13. The number of nitrogens with one attached hydrogen (secondary N) is 1. The molecule has 2 rings (SSSR count). The largest absolute Gasteiger partial charge is 0.493 e. The van der Waals surface area contributed by atoms with Gasteiger partial charge in [-0.3, -0.25) is 5.10 Å². The number of benzene rings is 1. The van der Waals surface area contributed by atoms with Crippen LogP contribution in [0.25, 0.3) is 0 Å². The lowest BCUT2D eigenvalue weighted by atomic mass is 10.0. The van der Waals surface area contributed by atoms with Gasteiger partial charge in [-0.25, -0.2) is 0 Å². The Hall–Kier alpha value is -2.21. The number of hydrogen-bond donors (Lipinski definition) is 3. The zero-order valence-corrected chi connectivity index (χ0v) is 10.2. The van der Waals surface area contributed by atoms with Gasteiger partial charge in [-0.2, -0.15) is 5.10 Å². The number of ether oxygens (including phenoxy) is 2. The first-order valence-electron chi connectivity index (χ1n) is 5.36. The average molecular weight is 249 g/mol. The van der Waals surface area contributed by atoms with Crippen LogP contribution in [0.4, 0.5) is 5.82 Å². The predicted octanol–water partition coefficient (Wildman–Crippen LogP) is 1.09. The molecule has 0 saturated heterocycles. The smallest absolute Gasteiger partial charge is 0.161 e. The van der Waals surface area contributed by atoms with Crippen LogP contribution in [0, 0.1) is 0 Å². The van der Waals surface area contributed by atoms with Crippen LogP contribution in [0.1, 0.15) is 17.2 Å². The molecular formula is C12H15N3O3. The summed E-state index contributed by atoms with van der Waals surface area (Å²) < 4.78 is 10.3. The summed E-state index contributed by atoms with van der Waals surface area (Å²) in [7, 11) is 3.10. The number of nitrogens with zero attached hydrogens (tertiary/aromatic N) is 1. The number of aliphatic hydroxyl groups is 1. The van der Waals surface area contributed by atoms with Crippen molar-refractivity contribution < 1.29 is 14.6 Å². The average Bonchev–Trinajstić information content (AvgIpc) is 2.83. The van der Waals surface area contributed by atoms with E-state index in [1.807, 2.05) is 0 Å². The quantitative estimate of drug-likeness (QED) is 0.754. The molecule has 0 saturated carbocycles. The Morgan fingerprint density at radius 2 is 2.00 bits per heavy atom. The molecule has 1 atom stereocenters. The fourth-order valence-corrected chi connectivity index (χ4v) is 1.73. The van der Waals surface area contributed by atoms with Gasteiger partial charge in [0.2, 0.25) is 0 Å². The maximum absolute atomic E-state index is 10.2. The van der Waals surface area contributed by atoms with E-state index in [1.165, 1.54) is 6.20 Å². The summed E-state index contributed by atoms with van der Waals surface area (Å²) in [5.41, 5.74) is 6.85. The fourth-order valence-electron chi connectivity index (χ4n) is 1.73. The monoisotopic (exact) mass is 249 g/mol. The highest BCUT2D eigenvalue weighted by molar-refractivity contribution is 5.48. The highest BCUT2D eigenvalue weighted by atomic mass is 16.5. The molecule has 1 heterocycles. The molecule has 0 radical (unpaired) electrons. The first-order valence-corrected chi connectivity index (χ1v) is 5.36. The maximum Gasteiger partial charge on any atom is 0.161 e.